The predicted octanol–water partition coefficient (Wildman–Crippen LogP) is 2.11. The van der Waals surface area contributed by atoms with Gasteiger partial charge in [0.2, 0.25) is 0 Å². The summed E-state index contributed by atoms with van der Waals surface area (Å²) in [5.74, 6) is 0.324. The summed E-state index contributed by atoms with van der Waals surface area (Å²) in [5.41, 5.74) is 0.718. The third-order valence-electron chi connectivity index (χ3n) is 3.32. The first-order valence-electron chi connectivity index (χ1n) is 5.93. The first-order chi connectivity index (χ1) is 9.16. The van der Waals surface area contributed by atoms with E-state index in [4.69, 9.17) is 0 Å². The molecule has 1 aliphatic heterocycles. The quantitative estimate of drug-likeness (QED) is 0.855. The number of hydrogen-bond donors (Lipinski definition) is 1. The zero-order valence-corrected chi connectivity index (χ0v) is 10.0. The van der Waals surface area contributed by atoms with Crippen LogP contribution in [0.5, 0.6) is 0 Å². The molecule has 1 N–H and O–H groups in total. The van der Waals surface area contributed by atoms with Crippen LogP contribution in [0, 0.1) is 5.82 Å². The second kappa shape index (κ2) is 4.38. The number of imidazole rings is 1. The summed E-state index contributed by atoms with van der Waals surface area (Å²) >= 11 is 0. The van der Waals surface area contributed by atoms with E-state index in [9.17, 15) is 14.3 Å². The highest BCUT2D eigenvalue weighted by atomic mass is 19.1. The molecule has 1 unspecified atom stereocenters. The van der Waals surface area contributed by atoms with Gasteiger partial charge in [-0.15, -0.1) is 0 Å². The summed E-state index contributed by atoms with van der Waals surface area (Å²) in [6.07, 6.45) is 2.48. The zero-order chi connectivity index (χ0) is 13.4. The summed E-state index contributed by atoms with van der Waals surface area (Å²) < 4.78 is 14.9. The number of halogens is 1. The molecule has 0 spiro atoms. The zero-order valence-electron chi connectivity index (χ0n) is 10.0. The van der Waals surface area contributed by atoms with Crippen LogP contribution in [0.4, 0.5) is 9.18 Å². The molecule has 3 rings (SSSR count). The van der Waals surface area contributed by atoms with Crippen LogP contribution in [0.3, 0.4) is 0 Å². The van der Waals surface area contributed by atoms with Gasteiger partial charge in [-0.3, -0.25) is 4.90 Å². The van der Waals surface area contributed by atoms with Crippen molar-refractivity contribution >= 4 is 6.09 Å². The summed E-state index contributed by atoms with van der Waals surface area (Å²) in [7, 11) is 0. The largest absolute Gasteiger partial charge is 0.465 e. The van der Waals surface area contributed by atoms with E-state index in [1.54, 1.807) is 18.3 Å². The van der Waals surface area contributed by atoms with Gasteiger partial charge >= 0.3 is 6.09 Å². The Bertz CT molecular complexity index is 609. The molecule has 1 atom stereocenters. The Morgan fingerprint density at radius 3 is 2.74 bits per heavy atom. The number of amides is 1. The van der Waals surface area contributed by atoms with Gasteiger partial charge in [-0.25, -0.2) is 14.2 Å². The van der Waals surface area contributed by atoms with Gasteiger partial charge in [-0.2, -0.15) is 0 Å². The molecule has 1 aromatic carbocycles. The summed E-state index contributed by atoms with van der Waals surface area (Å²) in [6.45, 7) is 0.972. The molecule has 0 saturated carbocycles. The van der Waals surface area contributed by atoms with Crippen molar-refractivity contribution in [3.05, 3.63) is 53.9 Å². The Morgan fingerprint density at radius 2 is 2.05 bits per heavy atom. The maximum absolute atomic E-state index is 13.0. The molecule has 6 heteroatoms. The molecule has 98 valence electrons. The number of nitrogens with zero attached hydrogens (tertiary/aromatic N) is 3. The molecule has 0 saturated heterocycles. The van der Waals surface area contributed by atoms with Crippen LogP contribution in [0.15, 0.2) is 36.7 Å². The maximum atomic E-state index is 13.0. The first kappa shape index (κ1) is 11.7. The second-order valence-corrected chi connectivity index (χ2v) is 4.41. The minimum absolute atomic E-state index is 0.343. The Balaban J connectivity index is 2.08. The number of benzene rings is 1. The lowest BCUT2D eigenvalue weighted by atomic mass is 10.0. The van der Waals surface area contributed by atoms with Crippen molar-refractivity contribution < 1.29 is 14.3 Å². The van der Waals surface area contributed by atoms with E-state index in [0.29, 0.717) is 18.9 Å². The van der Waals surface area contributed by atoms with Crippen molar-refractivity contribution in [3.63, 3.8) is 0 Å². The van der Waals surface area contributed by atoms with Crippen LogP contribution in [0.25, 0.3) is 0 Å². The molecule has 1 aromatic heterocycles. The van der Waals surface area contributed by atoms with Crippen molar-refractivity contribution in [1.82, 2.24) is 14.5 Å². The molecule has 2 aromatic rings. The molecular weight excluding hydrogens is 249 g/mol. The van der Waals surface area contributed by atoms with Crippen LogP contribution in [-0.2, 0) is 6.54 Å². The third kappa shape index (κ3) is 1.95. The van der Waals surface area contributed by atoms with Crippen LogP contribution in [0.2, 0.25) is 0 Å². The van der Waals surface area contributed by atoms with E-state index >= 15 is 0 Å². The molecule has 0 aliphatic carbocycles. The van der Waals surface area contributed by atoms with Gasteiger partial charge in [0.15, 0.2) is 0 Å². The van der Waals surface area contributed by atoms with Crippen molar-refractivity contribution in [3.8, 4) is 0 Å². The highest BCUT2D eigenvalue weighted by molar-refractivity contribution is 5.66. The topological polar surface area (TPSA) is 58.4 Å². The molecule has 0 fully saturated rings. The average molecular weight is 261 g/mol. The standard InChI is InChI=1S/C13H12FN3O2/c14-10-3-1-9(2-4-10)11-12-15-5-6-16(12)7-8-17(11)13(18)19/h1-6,11H,7-8H2,(H,18,19). The number of carboxylic acid groups (broad SMARTS) is 1. The Kier molecular flexibility index (Phi) is 2.70. The van der Waals surface area contributed by atoms with E-state index in [1.165, 1.54) is 17.0 Å². The van der Waals surface area contributed by atoms with E-state index < -0.39 is 12.1 Å². The predicted molar refractivity (Wildman–Crippen MR) is 65.2 cm³/mol. The molecule has 1 aliphatic rings. The molecule has 2 heterocycles. The Morgan fingerprint density at radius 1 is 1.32 bits per heavy atom. The smallest absolute Gasteiger partial charge is 0.408 e. The van der Waals surface area contributed by atoms with Gasteiger partial charge in [0.05, 0.1) is 0 Å². The Hall–Kier alpha value is -2.37. The molecule has 5 nitrogen and oxygen atoms in total. The highest BCUT2D eigenvalue weighted by Crippen LogP contribution is 2.30. The van der Waals surface area contributed by atoms with Gasteiger partial charge in [0, 0.05) is 25.5 Å². The fourth-order valence-corrected chi connectivity index (χ4v) is 2.42. The van der Waals surface area contributed by atoms with Gasteiger partial charge < -0.3 is 9.67 Å². The number of rotatable bonds is 1. The minimum atomic E-state index is -0.997. The molecular formula is C13H12FN3O2. The molecule has 0 bridgehead atoms. The van der Waals surface area contributed by atoms with Gasteiger partial charge in [-0.1, -0.05) is 12.1 Å². The number of aromatic nitrogens is 2. The summed E-state index contributed by atoms with van der Waals surface area (Å²) in [4.78, 5) is 16.9. The van der Waals surface area contributed by atoms with Gasteiger partial charge in [-0.05, 0) is 17.7 Å². The summed E-state index contributed by atoms with van der Waals surface area (Å²) in [6, 6.07) is 5.37. The van der Waals surface area contributed by atoms with Crippen molar-refractivity contribution in [2.45, 2.75) is 12.6 Å². The van der Waals surface area contributed by atoms with Crippen LogP contribution < -0.4 is 0 Å². The van der Waals surface area contributed by atoms with Crippen LogP contribution in [0.1, 0.15) is 17.4 Å². The number of hydrogen-bond acceptors (Lipinski definition) is 2. The van der Waals surface area contributed by atoms with E-state index in [2.05, 4.69) is 4.98 Å². The van der Waals surface area contributed by atoms with Crippen LogP contribution in [-0.4, -0.2) is 32.2 Å². The SMILES string of the molecule is O=C(O)N1CCn2ccnc2C1c1ccc(F)cc1. The average Bonchev–Trinajstić information content (AvgIpc) is 2.86. The minimum Gasteiger partial charge on any atom is -0.465 e. The van der Waals surface area contributed by atoms with E-state index in [-0.39, 0.29) is 5.82 Å². The number of fused-ring (bicyclic) bond motifs is 1. The van der Waals surface area contributed by atoms with Crippen LogP contribution >= 0.6 is 0 Å². The summed E-state index contributed by atoms with van der Waals surface area (Å²) in [5, 5.41) is 9.30. The van der Waals surface area contributed by atoms with Crippen molar-refractivity contribution in [2.75, 3.05) is 6.54 Å². The van der Waals surface area contributed by atoms with Gasteiger partial charge in [0.25, 0.3) is 0 Å². The lowest BCUT2D eigenvalue weighted by Crippen LogP contribution is -2.42. The highest BCUT2D eigenvalue weighted by Gasteiger charge is 2.33. The normalized spacial score (nSPS) is 18.2. The monoisotopic (exact) mass is 261 g/mol. The van der Waals surface area contributed by atoms with Crippen molar-refractivity contribution in [2.24, 2.45) is 0 Å². The first-order valence-corrected chi connectivity index (χ1v) is 5.93. The van der Waals surface area contributed by atoms with Gasteiger partial charge in [0.1, 0.15) is 17.7 Å². The van der Waals surface area contributed by atoms with E-state index in [1.807, 2.05) is 10.8 Å². The van der Waals surface area contributed by atoms with Crippen molar-refractivity contribution in [1.29, 1.82) is 0 Å². The third-order valence-corrected chi connectivity index (χ3v) is 3.32. The lowest BCUT2D eigenvalue weighted by Gasteiger charge is -2.34. The molecule has 1 amide bonds. The second-order valence-electron chi connectivity index (χ2n) is 4.41. The fraction of sp³-hybridized carbons (Fsp3) is 0.231. The lowest BCUT2D eigenvalue weighted by molar-refractivity contribution is 0.119. The Labute approximate surface area is 108 Å². The van der Waals surface area contributed by atoms with E-state index in [0.717, 1.165) is 5.56 Å². The molecule has 0 radical (unpaired) electrons. The number of carbonyl (C=O) groups is 1. The molecule has 19 heavy (non-hydrogen) atoms. The maximum Gasteiger partial charge on any atom is 0.408 e. The fourth-order valence-electron chi connectivity index (χ4n) is 2.42.